The first-order chi connectivity index (χ1) is 10.4. The Balaban J connectivity index is 1.63. The van der Waals surface area contributed by atoms with Crippen molar-refractivity contribution in [2.24, 2.45) is 0 Å². The lowest BCUT2D eigenvalue weighted by atomic mass is 10.0. The molecule has 108 valence electrons. The number of anilines is 1. The highest BCUT2D eigenvalue weighted by Crippen LogP contribution is 2.24. The van der Waals surface area contributed by atoms with Gasteiger partial charge in [-0.25, -0.2) is 0 Å². The van der Waals surface area contributed by atoms with E-state index in [-0.39, 0.29) is 0 Å². The molecule has 0 bridgehead atoms. The third kappa shape index (κ3) is 2.32. The average Bonchev–Trinajstić information content (AvgIpc) is 3.18. The second-order valence-corrected chi connectivity index (χ2v) is 5.29. The van der Waals surface area contributed by atoms with Crippen LogP contribution in [0.1, 0.15) is 19.3 Å². The van der Waals surface area contributed by atoms with E-state index in [2.05, 4.69) is 30.6 Å². The topological polar surface area (TPSA) is 77.0 Å². The molecule has 1 fully saturated rings. The lowest BCUT2D eigenvalue weighted by molar-refractivity contribution is 0.395. The minimum atomic E-state index is 0.403. The molecule has 0 radical (unpaired) electrons. The van der Waals surface area contributed by atoms with E-state index >= 15 is 0 Å². The predicted octanol–water partition coefficient (Wildman–Crippen LogP) is 0.775. The van der Waals surface area contributed by atoms with Crippen molar-refractivity contribution in [3.8, 4) is 0 Å². The molecule has 0 aliphatic carbocycles. The summed E-state index contributed by atoms with van der Waals surface area (Å²) in [5.74, 6) is 0.923. The summed E-state index contributed by atoms with van der Waals surface area (Å²) in [4.78, 5) is 2.34. The number of aromatic nitrogens is 7. The van der Waals surface area contributed by atoms with Crippen LogP contribution >= 0.6 is 0 Å². The maximum atomic E-state index is 4.52. The van der Waals surface area contributed by atoms with Gasteiger partial charge >= 0.3 is 0 Å². The fraction of sp³-hybridized carbons (Fsp3) is 0.462. The molecule has 3 aromatic heterocycles. The summed E-state index contributed by atoms with van der Waals surface area (Å²) < 4.78 is 3.47. The van der Waals surface area contributed by atoms with E-state index in [0.717, 1.165) is 25.3 Å². The molecule has 1 atom stereocenters. The molecule has 8 nitrogen and oxygen atoms in total. The summed E-state index contributed by atoms with van der Waals surface area (Å²) in [7, 11) is 0. The van der Waals surface area contributed by atoms with E-state index in [1.807, 2.05) is 35.3 Å². The Morgan fingerprint density at radius 3 is 3.14 bits per heavy atom. The first-order valence-electron chi connectivity index (χ1n) is 7.20. The van der Waals surface area contributed by atoms with Gasteiger partial charge in [0.25, 0.3) is 0 Å². The zero-order chi connectivity index (χ0) is 14.1. The molecule has 0 aromatic carbocycles. The molecule has 4 heterocycles. The number of rotatable bonds is 3. The van der Waals surface area contributed by atoms with Gasteiger partial charge in [-0.2, -0.15) is 5.10 Å². The van der Waals surface area contributed by atoms with E-state index in [9.17, 15) is 0 Å². The zero-order valence-electron chi connectivity index (χ0n) is 11.6. The van der Waals surface area contributed by atoms with Crippen LogP contribution in [0.15, 0.2) is 30.6 Å². The minimum absolute atomic E-state index is 0.403. The van der Waals surface area contributed by atoms with E-state index in [4.69, 9.17) is 0 Å². The number of nitrogens with zero attached hydrogens (tertiary/aromatic N) is 8. The van der Waals surface area contributed by atoms with Gasteiger partial charge in [-0.05, 0) is 47.9 Å². The Labute approximate surface area is 121 Å². The maximum Gasteiger partial charge on any atom is 0.200 e. The van der Waals surface area contributed by atoms with E-state index in [1.165, 1.54) is 17.5 Å². The van der Waals surface area contributed by atoms with E-state index < -0.39 is 0 Å². The third-order valence-electron chi connectivity index (χ3n) is 3.93. The molecule has 0 N–H and O–H groups in total. The molecule has 1 aliphatic rings. The summed E-state index contributed by atoms with van der Waals surface area (Å²) in [6.07, 6.45) is 7.40. The molecule has 3 aromatic rings. The third-order valence-corrected chi connectivity index (χ3v) is 3.93. The monoisotopic (exact) mass is 284 g/mol. The molecule has 0 unspecified atom stereocenters. The lowest BCUT2D eigenvalue weighted by Crippen LogP contribution is -2.43. The van der Waals surface area contributed by atoms with Crippen LogP contribution in [0.3, 0.4) is 0 Å². The Morgan fingerprint density at radius 1 is 1.24 bits per heavy atom. The molecule has 8 heteroatoms. The number of hydrogen-bond acceptors (Lipinski definition) is 6. The van der Waals surface area contributed by atoms with Crippen molar-refractivity contribution >= 4 is 11.5 Å². The molecule has 1 saturated heterocycles. The van der Waals surface area contributed by atoms with Crippen LogP contribution < -0.4 is 4.90 Å². The smallest absolute Gasteiger partial charge is 0.200 e. The number of fused-ring (bicyclic) bond motifs is 1. The molecule has 1 aliphatic heterocycles. The standard InChI is InChI=1S/C13H16N8/c1-2-9-20(11(4-1)10-19-8-3-7-14-19)13-6-5-12-15-17-18-21(12)16-13/h3,5-8,11H,1-2,4,9-10H2/t11-/m1/s1. The van der Waals surface area contributed by atoms with Crippen molar-refractivity contribution in [1.82, 2.24) is 35.0 Å². The fourth-order valence-corrected chi connectivity index (χ4v) is 2.91. The molecular formula is C13H16N8. The van der Waals surface area contributed by atoms with Crippen LogP contribution in [0.4, 0.5) is 5.82 Å². The summed E-state index contributed by atoms with van der Waals surface area (Å²) >= 11 is 0. The first kappa shape index (κ1) is 12.2. The van der Waals surface area contributed by atoms with Crippen molar-refractivity contribution in [1.29, 1.82) is 0 Å². The van der Waals surface area contributed by atoms with Gasteiger partial charge in [-0.1, -0.05) is 0 Å². The van der Waals surface area contributed by atoms with Crippen molar-refractivity contribution < 1.29 is 0 Å². The zero-order valence-corrected chi connectivity index (χ0v) is 11.6. The van der Waals surface area contributed by atoms with Gasteiger partial charge in [0, 0.05) is 18.9 Å². The largest absolute Gasteiger partial charge is 0.350 e. The predicted molar refractivity (Wildman–Crippen MR) is 75.8 cm³/mol. The van der Waals surface area contributed by atoms with E-state index in [0.29, 0.717) is 11.7 Å². The Morgan fingerprint density at radius 2 is 2.24 bits per heavy atom. The number of hydrogen-bond donors (Lipinski definition) is 0. The van der Waals surface area contributed by atoms with Crippen molar-refractivity contribution in [3.63, 3.8) is 0 Å². The summed E-state index contributed by atoms with van der Waals surface area (Å²) in [5.41, 5.74) is 0.666. The first-order valence-corrected chi connectivity index (χ1v) is 7.20. The van der Waals surface area contributed by atoms with Crippen LogP contribution in [0.2, 0.25) is 0 Å². The van der Waals surface area contributed by atoms with Crippen LogP contribution in [0, 0.1) is 0 Å². The van der Waals surface area contributed by atoms with Crippen LogP contribution in [-0.2, 0) is 6.54 Å². The fourth-order valence-electron chi connectivity index (χ4n) is 2.91. The highest BCUT2D eigenvalue weighted by molar-refractivity contribution is 5.45. The Bertz CT molecular complexity index is 719. The highest BCUT2D eigenvalue weighted by atomic mass is 15.6. The highest BCUT2D eigenvalue weighted by Gasteiger charge is 2.24. The van der Waals surface area contributed by atoms with E-state index in [1.54, 1.807) is 0 Å². The van der Waals surface area contributed by atoms with Gasteiger partial charge in [-0.15, -0.1) is 14.8 Å². The van der Waals surface area contributed by atoms with Gasteiger partial charge in [0.1, 0.15) is 0 Å². The number of tetrazole rings is 1. The van der Waals surface area contributed by atoms with Gasteiger partial charge in [0.15, 0.2) is 11.5 Å². The van der Waals surface area contributed by atoms with Gasteiger partial charge < -0.3 is 4.90 Å². The molecule has 4 rings (SSSR count). The molecule has 0 amide bonds. The van der Waals surface area contributed by atoms with Crippen LogP contribution in [0.5, 0.6) is 0 Å². The molecule has 0 spiro atoms. The normalized spacial score (nSPS) is 19.2. The molecular weight excluding hydrogens is 268 g/mol. The van der Waals surface area contributed by atoms with Crippen molar-refractivity contribution in [2.75, 3.05) is 11.4 Å². The van der Waals surface area contributed by atoms with Crippen LogP contribution in [0.25, 0.3) is 5.65 Å². The Kier molecular flexibility index (Phi) is 2.98. The average molecular weight is 284 g/mol. The van der Waals surface area contributed by atoms with Gasteiger partial charge in [0.2, 0.25) is 0 Å². The Hall–Kier alpha value is -2.51. The summed E-state index contributed by atoms with van der Waals surface area (Å²) in [5, 5.41) is 20.2. The SMILES string of the molecule is c1cnn(C[C@H]2CCCCN2c2ccc3nnnn3n2)c1. The summed E-state index contributed by atoms with van der Waals surface area (Å²) in [6.45, 7) is 1.88. The number of piperidine rings is 1. The second-order valence-electron chi connectivity index (χ2n) is 5.29. The van der Waals surface area contributed by atoms with Gasteiger partial charge in [-0.3, -0.25) is 4.68 Å². The van der Waals surface area contributed by atoms with Crippen molar-refractivity contribution in [3.05, 3.63) is 30.6 Å². The van der Waals surface area contributed by atoms with Crippen LogP contribution in [-0.4, -0.2) is 47.6 Å². The minimum Gasteiger partial charge on any atom is -0.350 e. The van der Waals surface area contributed by atoms with Crippen molar-refractivity contribution in [2.45, 2.75) is 31.8 Å². The van der Waals surface area contributed by atoms with Gasteiger partial charge in [0.05, 0.1) is 12.6 Å². The lowest BCUT2D eigenvalue weighted by Gasteiger charge is -2.36. The maximum absolute atomic E-state index is 4.52. The molecule has 21 heavy (non-hydrogen) atoms. The quantitative estimate of drug-likeness (QED) is 0.707. The summed E-state index contributed by atoms with van der Waals surface area (Å²) in [6, 6.07) is 6.26. The second kappa shape index (κ2) is 5.12. The molecule has 0 saturated carbocycles.